The number of nitriles is 1. The molecule has 2 aromatic rings. The maximum Gasteiger partial charge on any atom is 0.241 e. The highest BCUT2D eigenvalue weighted by Crippen LogP contribution is 2.25. The number of benzene rings is 2. The van der Waals surface area contributed by atoms with Gasteiger partial charge in [-0.2, -0.15) is 5.26 Å². The Hall–Kier alpha value is -2.66. The van der Waals surface area contributed by atoms with Crippen LogP contribution in [0, 0.1) is 17.1 Å². The Balaban J connectivity index is 1.99. The summed E-state index contributed by atoms with van der Waals surface area (Å²) in [7, 11) is 1.59. The van der Waals surface area contributed by atoms with Gasteiger partial charge in [-0.15, -0.1) is 0 Å². The molecule has 2 rings (SSSR count). The molecule has 9 heteroatoms. The largest absolute Gasteiger partial charge is 0.325 e. The summed E-state index contributed by atoms with van der Waals surface area (Å²) >= 11 is 11.8. The van der Waals surface area contributed by atoms with E-state index >= 15 is 0 Å². The first kappa shape index (κ1) is 22.6. The van der Waals surface area contributed by atoms with Gasteiger partial charge in [-0.3, -0.25) is 14.5 Å². The second-order valence-electron chi connectivity index (χ2n) is 6.25. The van der Waals surface area contributed by atoms with Crippen LogP contribution >= 0.6 is 23.2 Å². The molecule has 0 aliphatic rings. The van der Waals surface area contributed by atoms with Crippen molar-refractivity contribution in [2.24, 2.45) is 0 Å². The third kappa shape index (κ3) is 6.71. The highest BCUT2D eigenvalue weighted by molar-refractivity contribution is 6.42. The Kier molecular flexibility index (Phi) is 8.40. The summed E-state index contributed by atoms with van der Waals surface area (Å²) in [6, 6.07) is 12.5. The number of halogens is 3. The van der Waals surface area contributed by atoms with Gasteiger partial charge in [0.1, 0.15) is 5.82 Å². The molecule has 0 radical (unpaired) electrons. The monoisotopic (exact) mass is 436 g/mol. The molecule has 0 heterocycles. The molecule has 0 bridgehead atoms. The Morgan fingerprint density at radius 1 is 1.14 bits per heavy atom. The third-order valence-electron chi connectivity index (χ3n) is 3.91. The molecule has 0 saturated heterocycles. The first-order valence-electron chi connectivity index (χ1n) is 8.67. The maximum atomic E-state index is 14.1. The quantitative estimate of drug-likeness (QED) is 0.679. The van der Waals surface area contributed by atoms with Crippen molar-refractivity contribution in [1.82, 2.24) is 4.90 Å². The minimum absolute atomic E-state index is 0.0551. The first-order valence-corrected chi connectivity index (χ1v) is 9.42. The van der Waals surface area contributed by atoms with E-state index in [9.17, 15) is 14.0 Å². The van der Waals surface area contributed by atoms with Gasteiger partial charge in [0.25, 0.3) is 0 Å². The zero-order chi connectivity index (χ0) is 21.4. The van der Waals surface area contributed by atoms with Gasteiger partial charge in [0, 0.05) is 12.2 Å². The fourth-order valence-electron chi connectivity index (χ4n) is 2.60. The highest BCUT2D eigenvalue weighted by Gasteiger charge is 2.21. The van der Waals surface area contributed by atoms with Crippen LogP contribution in [0.4, 0.5) is 15.8 Å². The lowest BCUT2D eigenvalue weighted by Gasteiger charge is -2.25. The van der Waals surface area contributed by atoms with E-state index in [2.05, 4.69) is 5.32 Å². The SMILES string of the molecule is CN(CC(=O)Nc1ccc(Cl)c(Cl)c1)CC(=O)N(CCC#N)c1ccccc1F. The summed E-state index contributed by atoms with van der Waals surface area (Å²) in [5, 5.41) is 12.2. The molecule has 0 aromatic heterocycles. The fourth-order valence-corrected chi connectivity index (χ4v) is 2.90. The van der Waals surface area contributed by atoms with Crippen molar-refractivity contribution in [1.29, 1.82) is 5.26 Å². The van der Waals surface area contributed by atoms with Crippen molar-refractivity contribution in [2.75, 3.05) is 36.9 Å². The van der Waals surface area contributed by atoms with Gasteiger partial charge < -0.3 is 10.2 Å². The zero-order valence-electron chi connectivity index (χ0n) is 15.7. The van der Waals surface area contributed by atoms with Crippen molar-refractivity contribution in [2.45, 2.75) is 6.42 Å². The van der Waals surface area contributed by atoms with E-state index in [0.29, 0.717) is 15.7 Å². The van der Waals surface area contributed by atoms with Crippen molar-refractivity contribution < 1.29 is 14.0 Å². The molecule has 0 fully saturated rings. The molecule has 29 heavy (non-hydrogen) atoms. The van der Waals surface area contributed by atoms with Crippen LogP contribution in [0.1, 0.15) is 6.42 Å². The summed E-state index contributed by atoms with van der Waals surface area (Å²) in [6.45, 7) is -0.149. The summed E-state index contributed by atoms with van der Waals surface area (Å²) < 4.78 is 14.1. The van der Waals surface area contributed by atoms with Crippen molar-refractivity contribution >= 4 is 46.4 Å². The lowest BCUT2D eigenvalue weighted by Crippen LogP contribution is -2.42. The third-order valence-corrected chi connectivity index (χ3v) is 4.65. The molecule has 0 atom stereocenters. The zero-order valence-corrected chi connectivity index (χ0v) is 17.2. The molecule has 2 amide bonds. The fraction of sp³-hybridized carbons (Fsp3) is 0.250. The van der Waals surface area contributed by atoms with E-state index in [4.69, 9.17) is 28.5 Å². The predicted molar refractivity (Wildman–Crippen MR) is 112 cm³/mol. The number of carbonyl (C=O) groups excluding carboxylic acids is 2. The minimum Gasteiger partial charge on any atom is -0.325 e. The molecular formula is C20H19Cl2FN4O2. The van der Waals surface area contributed by atoms with E-state index in [1.165, 1.54) is 34.1 Å². The minimum atomic E-state index is -0.557. The van der Waals surface area contributed by atoms with Gasteiger partial charge in [0.05, 0.1) is 41.3 Å². The summed E-state index contributed by atoms with van der Waals surface area (Å²) in [5.74, 6) is -1.33. The number of nitrogens with zero attached hydrogens (tertiary/aromatic N) is 3. The van der Waals surface area contributed by atoms with Gasteiger partial charge in [0.2, 0.25) is 11.8 Å². The van der Waals surface area contributed by atoms with E-state index in [1.54, 1.807) is 25.2 Å². The summed E-state index contributed by atoms with van der Waals surface area (Å²) in [4.78, 5) is 27.6. The molecule has 0 unspecified atom stereocenters. The number of hydrogen-bond acceptors (Lipinski definition) is 4. The molecule has 0 aliphatic carbocycles. The molecule has 0 spiro atoms. The number of anilines is 2. The van der Waals surface area contributed by atoms with Gasteiger partial charge in [-0.25, -0.2) is 4.39 Å². The van der Waals surface area contributed by atoms with Crippen LogP contribution < -0.4 is 10.2 Å². The van der Waals surface area contributed by atoms with E-state index in [1.807, 2.05) is 6.07 Å². The molecule has 6 nitrogen and oxygen atoms in total. The topological polar surface area (TPSA) is 76.4 Å². The van der Waals surface area contributed by atoms with Gasteiger partial charge >= 0.3 is 0 Å². The van der Waals surface area contributed by atoms with Crippen LogP contribution in [0.15, 0.2) is 42.5 Å². The lowest BCUT2D eigenvalue weighted by molar-refractivity contribution is -0.121. The van der Waals surface area contributed by atoms with Crippen LogP contribution in [-0.2, 0) is 9.59 Å². The summed E-state index contributed by atoms with van der Waals surface area (Å²) in [5.41, 5.74) is 0.576. The van der Waals surface area contributed by atoms with Gasteiger partial charge in [-0.05, 0) is 37.4 Å². The molecule has 2 aromatic carbocycles. The number of nitrogens with one attached hydrogen (secondary N) is 1. The summed E-state index contributed by atoms with van der Waals surface area (Å²) in [6.07, 6.45) is 0.0571. The smallest absolute Gasteiger partial charge is 0.241 e. The van der Waals surface area contributed by atoms with Gasteiger partial charge in [-0.1, -0.05) is 35.3 Å². The molecular weight excluding hydrogens is 418 g/mol. The highest BCUT2D eigenvalue weighted by atomic mass is 35.5. The van der Waals surface area contributed by atoms with Crippen LogP contribution in [0.25, 0.3) is 0 Å². The predicted octanol–water partition coefficient (Wildman–Crippen LogP) is 3.95. The maximum absolute atomic E-state index is 14.1. The van der Waals surface area contributed by atoms with E-state index < -0.39 is 11.7 Å². The number of hydrogen-bond donors (Lipinski definition) is 1. The van der Waals surface area contributed by atoms with E-state index in [0.717, 1.165) is 0 Å². The van der Waals surface area contributed by atoms with Crippen LogP contribution in [-0.4, -0.2) is 43.4 Å². The van der Waals surface area contributed by atoms with E-state index in [-0.39, 0.29) is 37.6 Å². The number of carbonyl (C=O) groups is 2. The van der Waals surface area contributed by atoms with Crippen molar-refractivity contribution in [3.05, 3.63) is 58.3 Å². The number of para-hydroxylation sites is 1. The molecule has 0 saturated carbocycles. The Morgan fingerprint density at radius 2 is 1.86 bits per heavy atom. The average molecular weight is 437 g/mol. The van der Waals surface area contributed by atoms with Gasteiger partial charge in [0.15, 0.2) is 0 Å². The molecule has 0 aliphatic heterocycles. The Labute approximate surface area is 178 Å². The number of likely N-dealkylation sites (N-methyl/N-ethyl adjacent to an activating group) is 1. The van der Waals surface area contributed by atoms with Crippen LogP contribution in [0.5, 0.6) is 0 Å². The first-order chi connectivity index (χ1) is 13.8. The second-order valence-corrected chi connectivity index (χ2v) is 7.07. The normalized spacial score (nSPS) is 10.5. The van der Waals surface area contributed by atoms with Crippen LogP contribution in [0.2, 0.25) is 10.0 Å². The Bertz CT molecular complexity index is 933. The van der Waals surface area contributed by atoms with Crippen molar-refractivity contribution in [3.8, 4) is 6.07 Å². The average Bonchev–Trinajstić information content (AvgIpc) is 2.66. The lowest BCUT2D eigenvalue weighted by atomic mass is 10.2. The standard InChI is InChI=1S/C20H19Cl2FN4O2/c1-26(12-19(28)25-14-7-8-15(21)16(22)11-14)13-20(29)27(10-4-9-24)18-6-3-2-5-17(18)23/h2-3,5-8,11H,4,10,12-13H2,1H3,(H,25,28). The van der Waals surface area contributed by atoms with Crippen molar-refractivity contribution in [3.63, 3.8) is 0 Å². The second kappa shape index (κ2) is 10.8. The van der Waals surface area contributed by atoms with Crippen LogP contribution in [0.3, 0.4) is 0 Å². The Morgan fingerprint density at radius 3 is 2.52 bits per heavy atom. The number of rotatable bonds is 8. The number of amides is 2. The molecule has 152 valence electrons. The molecule has 1 N–H and O–H groups in total.